The van der Waals surface area contributed by atoms with Gasteiger partial charge >= 0.3 is 0 Å². The van der Waals surface area contributed by atoms with Gasteiger partial charge in [-0.25, -0.2) is 4.98 Å². The van der Waals surface area contributed by atoms with Crippen LogP contribution in [-0.2, 0) is 6.42 Å². The highest BCUT2D eigenvalue weighted by molar-refractivity contribution is 6.08. The number of aromatic nitrogens is 1. The molecule has 4 heteroatoms. The molecule has 1 N–H and O–H groups in total. The highest BCUT2D eigenvalue weighted by Gasteiger charge is 2.12. The van der Waals surface area contributed by atoms with Gasteiger partial charge in [0, 0.05) is 23.9 Å². The number of carbonyl (C=O) groups is 1. The molecule has 3 aromatic rings. The summed E-state index contributed by atoms with van der Waals surface area (Å²) in [5.41, 5.74) is 3.60. The van der Waals surface area contributed by atoms with E-state index in [1.54, 1.807) is 0 Å². The van der Waals surface area contributed by atoms with Crippen LogP contribution in [0.1, 0.15) is 22.8 Å². The predicted octanol–water partition coefficient (Wildman–Crippen LogP) is 3.24. The Balaban J connectivity index is 2.05. The van der Waals surface area contributed by atoms with Crippen molar-refractivity contribution in [2.75, 3.05) is 27.2 Å². The second-order valence-corrected chi connectivity index (χ2v) is 6.27. The summed E-state index contributed by atoms with van der Waals surface area (Å²) in [7, 11) is 3.98. The van der Waals surface area contributed by atoms with Crippen molar-refractivity contribution in [1.29, 1.82) is 0 Å². The minimum absolute atomic E-state index is 0.0664. The molecule has 3 rings (SSSR count). The minimum Gasteiger partial charge on any atom is -0.351 e. The average molecular weight is 321 g/mol. The summed E-state index contributed by atoms with van der Waals surface area (Å²) in [5.74, 6) is -0.0664. The van der Waals surface area contributed by atoms with Gasteiger partial charge in [-0.15, -0.1) is 0 Å². The number of fused-ring (bicyclic) bond motifs is 2. The number of benzene rings is 2. The molecule has 124 valence electrons. The molecular weight excluding hydrogens is 298 g/mol. The quantitative estimate of drug-likeness (QED) is 0.734. The summed E-state index contributed by atoms with van der Waals surface area (Å²) in [6, 6.07) is 14.1. The SMILES string of the molecule is CCc1cccc2cc3cccc(C(=O)NCCN(C)C)c3nc12. The van der Waals surface area contributed by atoms with E-state index < -0.39 is 0 Å². The van der Waals surface area contributed by atoms with Crippen molar-refractivity contribution in [3.63, 3.8) is 0 Å². The second kappa shape index (κ2) is 6.97. The zero-order valence-electron chi connectivity index (χ0n) is 14.5. The highest BCUT2D eigenvalue weighted by atomic mass is 16.1. The monoisotopic (exact) mass is 321 g/mol. The van der Waals surface area contributed by atoms with E-state index in [1.165, 1.54) is 5.56 Å². The fourth-order valence-corrected chi connectivity index (χ4v) is 2.90. The van der Waals surface area contributed by atoms with Crippen LogP contribution in [0.4, 0.5) is 0 Å². The molecule has 0 radical (unpaired) electrons. The van der Waals surface area contributed by atoms with Gasteiger partial charge in [-0.2, -0.15) is 0 Å². The van der Waals surface area contributed by atoms with Crippen molar-refractivity contribution >= 4 is 27.7 Å². The topological polar surface area (TPSA) is 45.2 Å². The van der Waals surface area contributed by atoms with Crippen molar-refractivity contribution in [1.82, 2.24) is 15.2 Å². The summed E-state index contributed by atoms with van der Waals surface area (Å²) in [5, 5.41) is 5.09. The number of aryl methyl sites for hydroxylation is 1. The van der Waals surface area contributed by atoms with Crippen molar-refractivity contribution < 1.29 is 4.79 Å². The summed E-state index contributed by atoms with van der Waals surface area (Å²) >= 11 is 0. The molecule has 24 heavy (non-hydrogen) atoms. The lowest BCUT2D eigenvalue weighted by Crippen LogP contribution is -2.31. The Morgan fingerprint density at radius 2 is 1.79 bits per heavy atom. The first-order valence-corrected chi connectivity index (χ1v) is 8.34. The first kappa shape index (κ1) is 16.4. The van der Waals surface area contributed by atoms with Crippen LogP contribution in [0, 0.1) is 0 Å². The van der Waals surface area contributed by atoms with Crippen LogP contribution in [0.25, 0.3) is 21.8 Å². The molecule has 0 aliphatic carbocycles. The molecule has 1 aromatic heterocycles. The minimum atomic E-state index is -0.0664. The van der Waals surface area contributed by atoms with Gasteiger partial charge in [-0.3, -0.25) is 4.79 Å². The Labute approximate surface area is 142 Å². The zero-order chi connectivity index (χ0) is 17.1. The summed E-state index contributed by atoms with van der Waals surface area (Å²) < 4.78 is 0. The third-order valence-corrected chi connectivity index (χ3v) is 4.22. The molecule has 1 amide bonds. The van der Waals surface area contributed by atoms with Gasteiger partial charge in [0.2, 0.25) is 0 Å². The molecule has 0 fully saturated rings. The number of hydrogen-bond acceptors (Lipinski definition) is 3. The van der Waals surface area contributed by atoms with Crippen molar-refractivity contribution in [2.24, 2.45) is 0 Å². The Kier molecular flexibility index (Phi) is 4.76. The van der Waals surface area contributed by atoms with Gasteiger partial charge in [0.05, 0.1) is 16.6 Å². The first-order chi connectivity index (χ1) is 11.6. The third-order valence-electron chi connectivity index (χ3n) is 4.22. The van der Waals surface area contributed by atoms with Crippen LogP contribution in [0.3, 0.4) is 0 Å². The van der Waals surface area contributed by atoms with Gasteiger partial charge in [0.25, 0.3) is 5.91 Å². The normalized spacial score (nSPS) is 11.3. The van der Waals surface area contributed by atoms with Gasteiger partial charge in [-0.05, 0) is 38.2 Å². The van der Waals surface area contributed by atoms with Crippen LogP contribution in [0.5, 0.6) is 0 Å². The number of amides is 1. The number of likely N-dealkylation sites (N-methyl/N-ethyl adjacent to an activating group) is 1. The highest BCUT2D eigenvalue weighted by Crippen LogP contribution is 2.25. The van der Waals surface area contributed by atoms with Crippen molar-refractivity contribution in [2.45, 2.75) is 13.3 Å². The molecule has 0 unspecified atom stereocenters. The van der Waals surface area contributed by atoms with Gasteiger partial charge in [0.15, 0.2) is 0 Å². The third kappa shape index (κ3) is 3.24. The van der Waals surface area contributed by atoms with Crippen LogP contribution in [0.2, 0.25) is 0 Å². The number of para-hydroxylation sites is 2. The summed E-state index contributed by atoms with van der Waals surface area (Å²) in [6.45, 7) is 3.56. The van der Waals surface area contributed by atoms with Gasteiger partial charge in [-0.1, -0.05) is 37.3 Å². The van der Waals surface area contributed by atoms with Gasteiger partial charge < -0.3 is 10.2 Å². The van der Waals surface area contributed by atoms with Crippen LogP contribution in [-0.4, -0.2) is 43.0 Å². The Morgan fingerprint density at radius 1 is 1.08 bits per heavy atom. The maximum Gasteiger partial charge on any atom is 0.253 e. The number of nitrogens with one attached hydrogen (secondary N) is 1. The zero-order valence-corrected chi connectivity index (χ0v) is 14.5. The molecule has 1 heterocycles. The molecule has 4 nitrogen and oxygen atoms in total. The Hall–Kier alpha value is -2.46. The summed E-state index contributed by atoms with van der Waals surface area (Å²) in [4.78, 5) is 19.4. The molecule has 0 spiro atoms. The molecule has 0 saturated heterocycles. The first-order valence-electron chi connectivity index (χ1n) is 8.34. The number of carbonyl (C=O) groups excluding carboxylic acids is 1. The van der Waals surface area contributed by atoms with Crippen LogP contribution >= 0.6 is 0 Å². The maximum atomic E-state index is 12.6. The largest absolute Gasteiger partial charge is 0.351 e. The van der Waals surface area contributed by atoms with E-state index in [4.69, 9.17) is 4.98 Å². The Bertz CT molecular complexity index is 887. The standard InChI is InChI=1S/C20H23N3O/c1-4-14-7-5-8-15-13-16-9-6-10-17(19(16)22-18(14)15)20(24)21-11-12-23(2)3/h5-10,13H,4,11-12H2,1-3H3,(H,21,24). The molecule has 0 saturated carbocycles. The maximum absolute atomic E-state index is 12.6. The van der Waals surface area contributed by atoms with E-state index in [-0.39, 0.29) is 5.91 Å². The van der Waals surface area contributed by atoms with Gasteiger partial charge in [0.1, 0.15) is 0 Å². The number of hydrogen-bond donors (Lipinski definition) is 1. The molecular formula is C20H23N3O. The van der Waals surface area contributed by atoms with E-state index in [0.29, 0.717) is 12.1 Å². The summed E-state index contributed by atoms with van der Waals surface area (Å²) in [6.07, 6.45) is 0.924. The van der Waals surface area contributed by atoms with Crippen molar-refractivity contribution in [3.8, 4) is 0 Å². The number of pyridine rings is 1. The molecule has 0 aliphatic rings. The van der Waals surface area contributed by atoms with E-state index in [0.717, 1.165) is 34.8 Å². The van der Waals surface area contributed by atoms with Crippen molar-refractivity contribution in [3.05, 3.63) is 53.6 Å². The lowest BCUT2D eigenvalue weighted by atomic mass is 10.0. The number of nitrogens with zero attached hydrogens (tertiary/aromatic N) is 2. The predicted molar refractivity (Wildman–Crippen MR) is 99.5 cm³/mol. The second-order valence-electron chi connectivity index (χ2n) is 6.27. The van der Waals surface area contributed by atoms with E-state index in [2.05, 4.69) is 36.5 Å². The van der Waals surface area contributed by atoms with Crippen LogP contribution in [0.15, 0.2) is 42.5 Å². The fourth-order valence-electron chi connectivity index (χ4n) is 2.90. The smallest absolute Gasteiger partial charge is 0.253 e. The molecule has 0 bridgehead atoms. The number of rotatable bonds is 5. The van der Waals surface area contributed by atoms with Crippen LogP contribution < -0.4 is 5.32 Å². The Morgan fingerprint density at radius 3 is 2.50 bits per heavy atom. The lowest BCUT2D eigenvalue weighted by Gasteiger charge is -2.12. The lowest BCUT2D eigenvalue weighted by molar-refractivity contribution is 0.0952. The molecule has 0 atom stereocenters. The molecule has 2 aromatic carbocycles. The molecule has 0 aliphatic heterocycles. The van der Waals surface area contributed by atoms with E-state index >= 15 is 0 Å². The van der Waals surface area contributed by atoms with E-state index in [1.807, 2.05) is 37.2 Å². The van der Waals surface area contributed by atoms with E-state index in [9.17, 15) is 4.79 Å². The fraction of sp³-hybridized carbons (Fsp3) is 0.300. The average Bonchev–Trinajstić information content (AvgIpc) is 2.58.